The molecule has 26 heavy (non-hydrogen) atoms. The minimum atomic E-state index is 0.428. The average Bonchev–Trinajstić information content (AvgIpc) is 3.44. The second kappa shape index (κ2) is 6.39. The summed E-state index contributed by atoms with van der Waals surface area (Å²) in [6.45, 7) is 4.93. The number of aromatic nitrogens is 6. The van der Waals surface area contributed by atoms with Gasteiger partial charge in [-0.05, 0) is 57.8 Å². The normalized spacial score (nSPS) is 19.3. The van der Waals surface area contributed by atoms with Gasteiger partial charge in [-0.3, -0.25) is 4.90 Å². The van der Waals surface area contributed by atoms with Crippen LogP contribution in [-0.4, -0.2) is 47.8 Å². The monoisotopic (exact) mass is 349 g/mol. The molecule has 5 rings (SSSR count). The predicted molar refractivity (Wildman–Crippen MR) is 96.8 cm³/mol. The molecule has 1 saturated heterocycles. The summed E-state index contributed by atoms with van der Waals surface area (Å²) in [6.07, 6.45) is 8.56. The summed E-state index contributed by atoms with van der Waals surface area (Å²) in [5, 5.41) is 13.6. The standard InChI is InChI=1S/C19H23N7/c1-13-20-10-14(11-21-13)12-25-8-6-16(7-9-25)19-23-22-18-5-4-17(15-2-3-15)24-26(18)19/h4-5,10-11,15-16H,2-3,6-9,12H2,1H3. The van der Waals surface area contributed by atoms with E-state index in [0.717, 1.165) is 49.8 Å². The zero-order valence-corrected chi connectivity index (χ0v) is 15.0. The number of aryl methyl sites for hydroxylation is 1. The van der Waals surface area contributed by atoms with E-state index in [9.17, 15) is 0 Å². The van der Waals surface area contributed by atoms with Gasteiger partial charge in [-0.2, -0.15) is 9.61 Å². The van der Waals surface area contributed by atoms with Crippen LogP contribution < -0.4 is 0 Å². The maximum atomic E-state index is 4.83. The number of piperidine rings is 1. The van der Waals surface area contributed by atoms with Crippen LogP contribution in [0.5, 0.6) is 0 Å². The van der Waals surface area contributed by atoms with Crippen LogP contribution in [-0.2, 0) is 6.54 Å². The quantitative estimate of drug-likeness (QED) is 0.720. The second-order valence-corrected chi connectivity index (χ2v) is 7.55. The van der Waals surface area contributed by atoms with Crippen LogP contribution >= 0.6 is 0 Å². The zero-order chi connectivity index (χ0) is 17.5. The highest BCUT2D eigenvalue weighted by molar-refractivity contribution is 5.38. The topological polar surface area (TPSA) is 72.1 Å². The lowest BCUT2D eigenvalue weighted by atomic mass is 9.96. The molecular formula is C19H23N7. The largest absolute Gasteiger partial charge is 0.299 e. The first-order valence-corrected chi connectivity index (χ1v) is 9.48. The van der Waals surface area contributed by atoms with Gasteiger partial charge in [0.15, 0.2) is 11.5 Å². The Morgan fingerprint density at radius 3 is 2.46 bits per heavy atom. The van der Waals surface area contributed by atoms with Crippen LogP contribution in [0.4, 0.5) is 0 Å². The van der Waals surface area contributed by atoms with E-state index in [4.69, 9.17) is 5.10 Å². The Morgan fingerprint density at radius 2 is 1.73 bits per heavy atom. The van der Waals surface area contributed by atoms with Crippen molar-refractivity contribution in [2.75, 3.05) is 13.1 Å². The molecule has 3 aromatic heterocycles. The Bertz CT molecular complexity index is 905. The summed E-state index contributed by atoms with van der Waals surface area (Å²) in [6, 6.07) is 4.17. The molecule has 2 aliphatic rings. The molecule has 2 fully saturated rings. The number of likely N-dealkylation sites (tertiary alicyclic amines) is 1. The maximum Gasteiger partial charge on any atom is 0.177 e. The maximum absolute atomic E-state index is 4.83. The van der Waals surface area contributed by atoms with Crippen LogP contribution in [0, 0.1) is 6.92 Å². The highest BCUT2D eigenvalue weighted by atomic mass is 15.4. The molecule has 0 bridgehead atoms. The van der Waals surface area contributed by atoms with Gasteiger partial charge in [0.2, 0.25) is 0 Å². The van der Waals surface area contributed by atoms with Gasteiger partial charge < -0.3 is 0 Å². The molecule has 0 aromatic carbocycles. The number of hydrogen-bond donors (Lipinski definition) is 0. The van der Waals surface area contributed by atoms with Crippen LogP contribution in [0.15, 0.2) is 24.5 Å². The van der Waals surface area contributed by atoms with E-state index >= 15 is 0 Å². The summed E-state index contributed by atoms with van der Waals surface area (Å²) in [5.74, 6) is 2.93. The lowest BCUT2D eigenvalue weighted by Gasteiger charge is -2.30. The molecule has 0 atom stereocenters. The van der Waals surface area contributed by atoms with Crippen molar-refractivity contribution < 1.29 is 0 Å². The van der Waals surface area contributed by atoms with Crippen molar-refractivity contribution >= 4 is 5.65 Å². The van der Waals surface area contributed by atoms with E-state index in [2.05, 4.69) is 37.2 Å². The molecule has 0 amide bonds. The lowest BCUT2D eigenvalue weighted by molar-refractivity contribution is 0.200. The van der Waals surface area contributed by atoms with Gasteiger partial charge in [0.05, 0.1) is 5.69 Å². The Kier molecular flexibility index (Phi) is 3.89. The Balaban J connectivity index is 1.28. The van der Waals surface area contributed by atoms with Gasteiger partial charge in [0, 0.05) is 36.3 Å². The Labute approximate surface area is 152 Å². The molecular weight excluding hydrogens is 326 g/mol. The van der Waals surface area contributed by atoms with Crippen LogP contribution in [0.3, 0.4) is 0 Å². The zero-order valence-electron chi connectivity index (χ0n) is 15.0. The van der Waals surface area contributed by atoms with Gasteiger partial charge in [-0.15, -0.1) is 10.2 Å². The van der Waals surface area contributed by atoms with E-state index < -0.39 is 0 Å². The van der Waals surface area contributed by atoms with Crippen LogP contribution in [0.25, 0.3) is 5.65 Å². The van der Waals surface area contributed by atoms with Gasteiger partial charge in [0.1, 0.15) is 5.82 Å². The van der Waals surface area contributed by atoms with Gasteiger partial charge in [-0.25, -0.2) is 9.97 Å². The molecule has 0 spiro atoms. The summed E-state index contributed by atoms with van der Waals surface area (Å²) in [7, 11) is 0. The second-order valence-electron chi connectivity index (χ2n) is 7.55. The Morgan fingerprint density at radius 1 is 0.962 bits per heavy atom. The van der Waals surface area contributed by atoms with Crippen LogP contribution in [0.1, 0.15) is 60.4 Å². The lowest BCUT2D eigenvalue weighted by Crippen LogP contribution is -2.33. The molecule has 1 aliphatic carbocycles. The number of hydrogen-bond acceptors (Lipinski definition) is 6. The number of fused-ring (bicyclic) bond motifs is 1. The summed E-state index contributed by atoms with van der Waals surface area (Å²) >= 11 is 0. The minimum Gasteiger partial charge on any atom is -0.299 e. The van der Waals surface area contributed by atoms with Crippen molar-refractivity contribution in [1.82, 2.24) is 34.7 Å². The number of rotatable bonds is 4. The van der Waals surface area contributed by atoms with Gasteiger partial charge >= 0.3 is 0 Å². The van der Waals surface area contributed by atoms with Gasteiger partial charge in [-0.1, -0.05) is 0 Å². The van der Waals surface area contributed by atoms with Crippen molar-refractivity contribution in [3.05, 3.63) is 47.4 Å². The van der Waals surface area contributed by atoms with Crippen molar-refractivity contribution in [3.63, 3.8) is 0 Å². The third kappa shape index (κ3) is 3.07. The minimum absolute atomic E-state index is 0.428. The van der Waals surface area contributed by atoms with E-state index in [1.54, 1.807) is 0 Å². The predicted octanol–water partition coefficient (Wildman–Crippen LogP) is 2.48. The molecule has 134 valence electrons. The highest BCUT2D eigenvalue weighted by Crippen LogP contribution is 2.39. The van der Waals surface area contributed by atoms with Crippen LogP contribution in [0.2, 0.25) is 0 Å². The summed E-state index contributed by atoms with van der Waals surface area (Å²) in [5.41, 5.74) is 3.23. The third-order valence-electron chi connectivity index (χ3n) is 5.50. The molecule has 0 unspecified atom stereocenters. The fraction of sp³-hybridized carbons (Fsp3) is 0.526. The molecule has 1 saturated carbocycles. The molecule has 4 heterocycles. The van der Waals surface area contributed by atoms with Crippen molar-refractivity contribution in [2.24, 2.45) is 0 Å². The molecule has 0 N–H and O–H groups in total. The SMILES string of the molecule is Cc1ncc(CN2CCC(c3nnc4ccc(C5CC5)nn34)CC2)cn1. The first kappa shape index (κ1) is 15.8. The first-order chi connectivity index (χ1) is 12.8. The molecule has 0 radical (unpaired) electrons. The Hall–Kier alpha value is -2.41. The van der Waals surface area contributed by atoms with Crippen molar-refractivity contribution in [2.45, 2.75) is 51.0 Å². The highest BCUT2D eigenvalue weighted by Gasteiger charge is 2.28. The summed E-state index contributed by atoms with van der Waals surface area (Å²) in [4.78, 5) is 11.1. The number of nitrogens with zero attached hydrogens (tertiary/aromatic N) is 7. The third-order valence-corrected chi connectivity index (χ3v) is 5.50. The van der Waals surface area contributed by atoms with E-state index in [-0.39, 0.29) is 0 Å². The smallest absolute Gasteiger partial charge is 0.177 e. The van der Waals surface area contributed by atoms with Gasteiger partial charge in [0.25, 0.3) is 0 Å². The molecule has 1 aliphatic heterocycles. The fourth-order valence-corrected chi connectivity index (χ4v) is 3.78. The van der Waals surface area contributed by atoms with E-state index in [0.29, 0.717) is 11.8 Å². The average molecular weight is 349 g/mol. The molecule has 7 heteroatoms. The van der Waals surface area contributed by atoms with Crippen molar-refractivity contribution in [3.8, 4) is 0 Å². The van der Waals surface area contributed by atoms with E-state index in [1.165, 1.54) is 24.1 Å². The first-order valence-electron chi connectivity index (χ1n) is 9.48. The molecule has 3 aromatic rings. The van der Waals surface area contributed by atoms with Crippen molar-refractivity contribution in [1.29, 1.82) is 0 Å². The molecule has 7 nitrogen and oxygen atoms in total. The summed E-state index contributed by atoms with van der Waals surface area (Å²) < 4.78 is 1.99. The fourth-order valence-electron chi connectivity index (χ4n) is 3.78. The van der Waals surface area contributed by atoms with E-state index in [1.807, 2.05) is 23.8 Å².